The maximum atomic E-state index is 14.4. The number of alkyl halides is 1. The van der Waals surface area contributed by atoms with Gasteiger partial charge in [-0.05, 0) is 32.1 Å². The molecule has 1 aromatic carbocycles. The Balaban J connectivity index is 1.53. The zero-order chi connectivity index (χ0) is 25.4. The van der Waals surface area contributed by atoms with E-state index in [1.165, 1.54) is 6.20 Å². The highest BCUT2D eigenvalue weighted by atomic mass is 19.1. The first-order chi connectivity index (χ1) is 17.3. The number of hydrogen-bond donors (Lipinski definition) is 3. The minimum atomic E-state index is -1.23. The number of fused-ring (bicyclic) bond motifs is 1. The Hall–Kier alpha value is -3.48. The van der Waals surface area contributed by atoms with Gasteiger partial charge in [-0.15, -0.1) is 0 Å². The van der Waals surface area contributed by atoms with Crippen LogP contribution in [-0.2, 0) is 9.53 Å². The molecule has 1 amide bonds. The summed E-state index contributed by atoms with van der Waals surface area (Å²) in [4.78, 5) is 24.8. The Kier molecular flexibility index (Phi) is 6.65. The monoisotopic (exact) mass is 507 g/mol. The average molecular weight is 507 g/mol. The van der Waals surface area contributed by atoms with Gasteiger partial charge in [-0.1, -0.05) is 0 Å². The maximum Gasteiger partial charge on any atom is 0.225 e. The summed E-state index contributed by atoms with van der Waals surface area (Å²) in [6.45, 7) is 0.383. The first kappa shape index (κ1) is 24.2. The van der Waals surface area contributed by atoms with Crippen LogP contribution in [0.25, 0.3) is 11.2 Å². The third-order valence-electron chi connectivity index (χ3n) is 6.74. The van der Waals surface area contributed by atoms with Gasteiger partial charge in [0.25, 0.3) is 0 Å². The molecule has 2 atom stereocenters. The number of anilines is 3. The fraction of sp³-hybridized carbons (Fsp3) is 0.478. The van der Waals surface area contributed by atoms with E-state index in [0.717, 1.165) is 0 Å². The summed E-state index contributed by atoms with van der Waals surface area (Å²) in [7, 11) is 0. The van der Waals surface area contributed by atoms with E-state index in [-0.39, 0.29) is 36.4 Å². The van der Waals surface area contributed by atoms with E-state index in [1.54, 1.807) is 4.57 Å². The SMILES string of the molecule is NC(=O)[C@H]1CC[C@H](n2c(Nc3c(F)cc(F)cc3F)nc3cnc(N[C@@H]4CCOC[C@H]4F)nc32)CC1. The van der Waals surface area contributed by atoms with Gasteiger partial charge in [-0.25, -0.2) is 27.5 Å². The minimum Gasteiger partial charge on any atom is -0.378 e. The van der Waals surface area contributed by atoms with E-state index in [2.05, 4.69) is 25.6 Å². The van der Waals surface area contributed by atoms with Crippen LogP contribution in [0.4, 0.5) is 35.1 Å². The van der Waals surface area contributed by atoms with Crippen molar-refractivity contribution < 1.29 is 27.1 Å². The summed E-state index contributed by atoms with van der Waals surface area (Å²) in [5.74, 6) is -3.66. The second-order valence-corrected chi connectivity index (χ2v) is 9.12. The first-order valence-corrected chi connectivity index (χ1v) is 11.7. The number of imidazole rings is 1. The van der Waals surface area contributed by atoms with Gasteiger partial charge in [-0.3, -0.25) is 9.36 Å². The van der Waals surface area contributed by atoms with Crippen LogP contribution in [0, 0.1) is 23.4 Å². The van der Waals surface area contributed by atoms with Gasteiger partial charge >= 0.3 is 0 Å². The number of carbonyl (C=O) groups excluding carboxylic acids is 1. The van der Waals surface area contributed by atoms with Crippen LogP contribution in [0.1, 0.15) is 38.1 Å². The zero-order valence-electron chi connectivity index (χ0n) is 19.2. The van der Waals surface area contributed by atoms with Gasteiger partial charge in [0.2, 0.25) is 17.8 Å². The van der Waals surface area contributed by atoms with Gasteiger partial charge < -0.3 is 21.1 Å². The standard InChI is InChI=1S/C23H25F4N7O2/c24-12-7-14(25)19(15(26)8-12)32-23-31-18-9-29-22(30-17-5-6-36-10-16(17)27)33-21(18)34(23)13-3-1-11(2-4-13)20(28)35/h7-9,11,13,16-17H,1-6,10H2,(H2,28,35)(H,31,32)(H,29,30,33)/t11-,13-,16-,17-/m1/s1. The first-order valence-electron chi connectivity index (χ1n) is 11.7. The fourth-order valence-electron chi connectivity index (χ4n) is 4.82. The number of benzene rings is 1. The van der Waals surface area contributed by atoms with E-state index in [9.17, 15) is 22.4 Å². The van der Waals surface area contributed by atoms with Crippen molar-refractivity contribution in [2.24, 2.45) is 11.7 Å². The Labute approximate surface area is 203 Å². The third-order valence-corrected chi connectivity index (χ3v) is 6.74. The lowest BCUT2D eigenvalue weighted by atomic mass is 9.85. The highest BCUT2D eigenvalue weighted by molar-refractivity contribution is 5.78. The second-order valence-electron chi connectivity index (χ2n) is 9.12. The van der Waals surface area contributed by atoms with Gasteiger partial charge in [0.1, 0.15) is 23.2 Å². The molecule has 1 aliphatic carbocycles. The smallest absolute Gasteiger partial charge is 0.225 e. The molecule has 9 nitrogen and oxygen atoms in total. The molecule has 1 aliphatic heterocycles. The number of carbonyl (C=O) groups is 1. The highest BCUT2D eigenvalue weighted by Crippen LogP contribution is 2.37. The summed E-state index contributed by atoms with van der Waals surface area (Å²) in [6, 6.07) is 0.386. The highest BCUT2D eigenvalue weighted by Gasteiger charge is 2.30. The number of aromatic nitrogens is 4. The Morgan fingerprint density at radius 1 is 1.08 bits per heavy atom. The van der Waals surface area contributed by atoms with Crippen molar-refractivity contribution in [3.8, 4) is 0 Å². The predicted molar refractivity (Wildman–Crippen MR) is 123 cm³/mol. The molecule has 2 aliphatic rings. The number of halogens is 4. The molecule has 0 radical (unpaired) electrons. The average Bonchev–Trinajstić information content (AvgIpc) is 3.20. The lowest BCUT2D eigenvalue weighted by Gasteiger charge is -2.29. The van der Waals surface area contributed by atoms with Crippen molar-refractivity contribution >= 4 is 34.7 Å². The van der Waals surface area contributed by atoms with Crippen molar-refractivity contribution in [3.63, 3.8) is 0 Å². The van der Waals surface area contributed by atoms with Crippen LogP contribution in [0.5, 0.6) is 0 Å². The van der Waals surface area contributed by atoms with E-state index in [0.29, 0.717) is 62.0 Å². The lowest BCUT2D eigenvalue weighted by molar-refractivity contribution is -0.122. The van der Waals surface area contributed by atoms with Gasteiger partial charge in [0.15, 0.2) is 17.3 Å². The quantitative estimate of drug-likeness (QED) is 0.435. The predicted octanol–water partition coefficient (Wildman–Crippen LogP) is 3.74. The summed E-state index contributed by atoms with van der Waals surface area (Å²) < 4.78 is 63.3. The van der Waals surface area contributed by atoms with Crippen LogP contribution in [-0.4, -0.2) is 50.9 Å². The number of hydrogen-bond acceptors (Lipinski definition) is 7. The van der Waals surface area contributed by atoms with Crippen molar-refractivity contribution in [1.29, 1.82) is 0 Å². The Bertz CT molecular complexity index is 1260. The molecule has 2 fully saturated rings. The number of rotatable bonds is 6. The summed E-state index contributed by atoms with van der Waals surface area (Å²) >= 11 is 0. The Morgan fingerprint density at radius 2 is 1.81 bits per heavy atom. The fourth-order valence-corrected chi connectivity index (χ4v) is 4.82. The number of primary amides is 1. The number of ether oxygens (including phenoxy) is 1. The number of amides is 1. The van der Waals surface area contributed by atoms with E-state index >= 15 is 0 Å². The van der Waals surface area contributed by atoms with Crippen LogP contribution < -0.4 is 16.4 Å². The largest absolute Gasteiger partial charge is 0.378 e. The third kappa shape index (κ3) is 4.79. The molecule has 192 valence electrons. The van der Waals surface area contributed by atoms with Gasteiger partial charge in [0.05, 0.1) is 18.8 Å². The Morgan fingerprint density at radius 3 is 2.47 bits per heavy atom. The van der Waals surface area contributed by atoms with Crippen molar-refractivity contribution in [2.75, 3.05) is 23.8 Å². The van der Waals surface area contributed by atoms with E-state index < -0.39 is 35.4 Å². The summed E-state index contributed by atoms with van der Waals surface area (Å²) in [5, 5.41) is 5.64. The van der Waals surface area contributed by atoms with Crippen LogP contribution in [0.15, 0.2) is 18.3 Å². The van der Waals surface area contributed by atoms with Crippen LogP contribution >= 0.6 is 0 Å². The second kappa shape index (κ2) is 9.88. The molecular weight excluding hydrogens is 482 g/mol. The molecule has 4 N–H and O–H groups in total. The molecule has 5 rings (SSSR count). The molecule has 0 spiro atoms. The molecule has 3 heterocycles. The molecule has 36 heavy (non-hydrogen) atoms. The van der Waals surface area contributed by atoms with Gasteiger partial charge in [-0.2, -0.15) is 4.98 Å². The molecule has 13 heteroatoms. The van der Waals surface area contributed by atoms with E-state index in [1.807, 2.05) is 0 Å². The molecule has 1 saturated heterocycles. The summed E-state index contributed by atoms with van der Waals surface area (Å²) in [6.07, 6.45) is 2.79. The van der Waals surface area contributed by atoms with Crippen molar-refractivity contribution in [3.05, 3.63) is 35.8 Å². The molecule has 0 bridgehead atoms. The van der Waals surface area contributed by atoms with E-state index in [4.69, 9.17) is 10.5 Å². The van der Waals surface area contributed by atoms with Crippen LogP contribution in [0.2, 0.25) is 0 Å². The topological polar surface area (TPSA) is 120 Å². The zero-order valence-corrected chi connectivity index (χ0v) is 19.2. The number of nitrogens with two attached hydrogens (primary N) is 1. The normalized spacial score (nSPS) is 24.6. The number of nitrogens with zero attached hydrogens (tertiary/aromatic N) is 4. The summed E-state index contributed by atoms with van der Waals surface area (Å²) in [5.41, 5.74) is 5.61. The molecule has 3 aromatic rings. The lowest BCUT2D eigenvalue weighted by Crippen LogP contribution is -2.39. The maximum absolute atomic E-state index is 14.4. The molecule has 2 aromatic heterocycles. The van der Waals surface area contributed by atoms with Crippen LogP contribution in [0.3, 0.4) is 0 Å². The van der Waals surface area contributed by atoms with Crippen molar-refractivity contribution in [1.82, 2.24) is 19.5 Å². The molecule has 0 unspecified atom stereocenters. The number of nitrogens with one attached hydrogen (secondary N) is 2. The minimum absolute atomic E-state index is 0.0240. The van der Waals surface area contributed by atoms with Crippen molar-refractivity contribution in [2.45, 2.75) is 50.4 Å². The molecular formula is C23H25F4N7O2. The molecule has 1 saturated carbocycles. The van der Waals surface area contributed by atoms with Gasteiger partial charge in [0, 0.05) is 30.7 Å².